The van der Waals surface area contributed by atoms with Crippen LogP contribution in [0.3, 0.4) is 0 Å². The molecule has 0 heterocycles. The van der Waals surface area contributed by atoms with Gasteiger partial charge in [-0.25, -0.2) is 0 Å². The highest BCUT2D eigenvalue weighted by molar-refractivity contribution is 9.10. The lowest BCUT2D eigenvalue weighted by Gasteiger charge is -2.29. The first kappa shape index (κ1) is 24.5. The van der Waals surface area contributed by atoms with E-state index < -0.39 is 6.04 Å². The smallest absolute Gasteiger partial charge is 0.261 e. The van der Waals surface area contributed by atoms with Crippen LogP contribution in [0.1, 0.15) is 32.8 Å². The highest BCUT2D eigenvalue weighted by Crippen LogP contribution is 2.28. The molecule has 2 atom stereocenters. The molecule has 0 radical (unpaired) electrons. The summed E-state index contributed by atoms with van der Waals surface area (Å²) in [5, 5.41) is 4.09. The quantitative estimate of drug-likeness (QED) is 0.482. The molecule has 0 fully saturated rings. The molecule has 0 unspecified atom stereocenters. The van der Waals surface area contributed by atoms with Crippen molar-refractivity contribution in [2.75, 3.05) is 6.61 Å². The van der Waals surface area contributed by atoms with Crippen LogP contribution in [-0.2, 0) is 16.1 Å². The molecule has 8 heteroatoms. The van der Waals surface area contributed by atoms with Gasteiger partial charge in [-0.3, -0.25) is 9.59 Å². The molecule has 0 saturated heterocycles. The van der Waals surface area contributed by atoms with Gasteiger partial charge in [0, 0.05) is 22.6 Å². The molecule has 0 aliphatic rings. The highest BCUT2D eigenvalue weighted by atomic mass is 79.9. The molecule has 162 valence electrons. The van der Waals surface area contributed by atoms with Crippen molar-refractivity contribution in [3.05, 3.63) is 62.5 Å². The Balaban J connectivity index is 2.16. The Labute approximate surface area is 195 Å². The van der Waals surface area contributed by atoms with Gasteiger partial charge in [0.1, 0.15) is 11.8 Å². The van der Waals surface area contributed by atoms with Crippen molar-refractivity contribution in [1.82, 2.24) is 10.2 Å². The molecule has 2 rings (SSSR count). The average Bonchev–Trinajstić information content (AvgIpc) is 2.71. The number of halogens is 3. The molecule has 2 amide bonds. The number of nitrogens with one attached hydrogen (secondary N) is 1. The Kier molecular flexibility index (Phi) is 9.46. The van der Waals surface area contributed by atoms with E-state index in [0.29, 0.717) is 20.3 Å². The minimum absolute atomic E-state index is 0.0220. The number of ether oxygens (including phenoxy) is 1. The van der Waals surface area contributed by atoms with Crippen LogP contribution >= 0.6 is 39.1 Å². The third kappa shape index (κ3) is 7.18. The maximum atomic E-state index is 13.0. The standard InChI is InChI=1S/C22H25BrCl2N2O3/c1-4-14(2)26-22(29)15(3)27(12-16-5-7-17(24)8-6-16)21(28)13-30-20-10-9-18(25)11-19(20)23/h5-11,14-15H,4,12-13H2,1-3H3,(H,26,29)/t14-,15-/m0/s1. The molecule has 30 heavy (non-hydrogen) atoms. The molecular weight excluding hydrogens is 491 g/mol. The van der Waals surface area contributed by atoms with Crippen LogP contribution < -0.4 is 10.1 Å². The lowest BCUT2D eigenvalue weighted by atomic mass is 10.1. The van der Waals surface area contributed by atoms with Crippen LogP contribution in [0, 0.1) is 0 Å². The van der Waals surface area contributed by atoms with Gasteiger partial charge in [0.25, 0.3) is 5.91 Å². The molecule has 0 bridgehead atoms. The second kappa shape index (κ2) is 11.6. The van der Waals surface area contributed by atoms with Gasteiger partial charge < -0.3 is 15.0 Å². The lowest BCUT2D eigenvalue weighted by Crippen LogP contribution is -2.50. The Morgan fingerprint density at radius 1 is 1.10 bits per heavy atom. The molecule has 2 aromatic carbocycles. The van der Waals surface area contributed by atoms with Crippen molar-refractivity contribution in [2.24, 2.45) is 0 Å². The first-order valence-electron chi connectivity index (χ1n) is 9.63. The fourth-order valence-corrected chi connectivity index (χ4v) is 3.57. The normalized spacial score (nSPS) is 12.7. The molecule has 0 aliphatic heterocycles. The van der Waals surface area contributed by atoms with Crippen molar-refractivity contribution in [1.29, 1.82) is 0 Å². The van der Waals surface area contributed by atoms with E-state index in [0.717, 1.165) is 12.0 Å². The summed E-state index contributed by atoms with van der Waals surface area (Å²) >= 11 is 15.3. The molecular formula is C22H25BrCl2N2O3. The summed E-state index contributed by atoms with van der Waals surface area (Å²) in [6.45, 7) is 5.68. The highest BCUT2D eigenvalue weighted by Gasteiger charge is 2.27. The van der Waals surface area contributed by atoms with Gasteiger partial charge in [0.2, 0.25) is 5.91 Å². The van der Waals surface area contributed by atoms with E-state index in [1.165, 1.54) is 4.90 Å². The van der Waals surface area contributed by atoms with Crippen molar-refractivity contribution in [3.8, 4) is 5.75 Å². The van der Waals surface area contributed by atoms with Gasteiger partial charge in [-0.2, -0.15) is 0 Å². The molecule has 0 aliphatic carbocycles. The zero-order valence-electron chi connectivity index (χ0n) is 17.1. The van der Waals surface area contributed by atoms with Crippen LogP contribution in [0.15, 0.2) is 46.9 Å². The van der Waals surface area contributed by atoms with Crippen molar-refractivity contribution >= 4 is 50.9 Å². The van der Waals surface area contributed by atoms with Crippen LogP contribution in [0.2, 0.25) is 10.0 Å². The first-order valence-corrected chi connectivity index (χ1v) is 11.2. The number of hydrogen-bond acceptors (Lipinski definition) is 3. The molecule has 5 nitrogen and oxygen atoms in total. The molecule has 0 saturated carbocycles. The second-order valence-corrected chi connectivity index (χ2v) is 8.73. The van der Waals surface area contributed by atoms with Crippen molar-refractivity contribution in [3.63, 3.8) is 0 Å². The molecule has 0 spiro atoms. The van der Waals surface area contributed by atoms with E-state index in [4.69, 9.17) is 27.9 Å². The van der Waals surface area contributed by atoms with Gasteiger partial charge in [-0.05, 0) is 72.1 Å². The van der Waals surface area contributed by atoms with Crippen LogP contribution in [0.5, 0.6) is 5.75 Å². The van der Waals surface area contributed by atoms with E-state index in [9.17, 15) is 9.59 Å². The van der Waals surface area contributed by atoms with E-state index in [-0.39, 0.29) is 31.0 Å². The van der Waals surface area contributed by atoms with Gasteiger partial charge in [0.05, 0.1) is 4.47 Å². The van der Waals surface area contributed by atoms with E-state index in [2.05, 4.69) is 21.2 Å². The summed E-state index contributed by atoms with van der Waals surface area (Å²) < 4.78 is 6.32. The number of amides is 2. The predicted octanol–water partition coefficient (Wildman–Crippen LogP) is 5.47. The second-order valence-electron chi connectivity index (χ2n) is 7.01. The summed E-state index contributed by atoms with van der Waals surface area (Å²) in [6, 6.07) is 11.6. The maximum Gasteiger partial charge on any atom is 0.261 e. The summed E-state index contributed by atoms with van der Waals surface area (Å²) in [5.74, 6) is -0.0196. The zero-order valence-corrected chi connectivity index (χ0v) is 20.2. The Bertz CT molecular complexity index is 877. The summed E-state index contributed by atoms with van der Waals surface area (Å²) in [4.78, 5) is 27.2. The number of hydrogen-bond donors (Lipinski definition) is 1. The zero-order chi connectivity index (χ0) is 22.3. The van der Waals surface area contributed by atoms with Crippen LogP contribution in [0.4, 0.5) is 0 Å². The predicted molar refractivity (Wildman–Crippen MR) is 124 cm³/mol. The van der Waals surface area contributed by atoms with Gasteiger partial charge in [-0.15, -0.1) is 0 Å². The Morgan fingerprint density at radius 2 is 1.73 bits per heavy atom. The molecule has 1 N–H and O–H groups in total. The van der Waals surface area contributed by atoms with Gasteiger partial charge in [-0.1, -0.05) is 42.3 Å². The lowest BCUT2D eigenvalue weighted by molar-refractivity contribution is -0.142. The third-order valence-corrected chi connectivity index (χ3v) is 5.79. The Morgan fingerprint density at radius 3 is 2.33 bits per heavy atom. The number of carbonyl (C=O) groups is 2. The SMILES string of the molecule is CC[C@H](C)NC(=O)[C@H](C)N(Cc1ccc(Cl)cc1)C(=O)COc1ccc(Cl)cc1Br. The molecule has 0 aromatic heterocycles. The number of benzene rings is 2. The molecule has 2 aromatic rings. The maximum absolute atomic E-state index is 13.0. The Hall–Kier alpha value is -1.76. The minimum Gasteiger partial charge on any atom is -0.483 e. The summed E-state index contributed by atoms with van der Waals surface area (Å²) in [7, 11) is 0. The monoisotopic (exact) mass is 514 g/mol. The van der Waals surface area contributed by atoms with Gasteiger partial charge >= 0.3 is 0 Å². The largest absolute Gasteiger partial charge is 0.483 e. The van der Waals surface area contributed by atoms with Crippen molar-refractivity contribution < 1.29 is 14.3 Å². The first-order chi connectivity index (χ1) is 14.2. The van der Waals surface area contributed by atoms with Crippen molar-refractivity contribution in [2.45, 2.75) is 45.8 Å². The van der Waals surface area contributed by atoms with E-state index in [1.54, 1.807) is 37.3 Å². The van der Waals surface area contributed by atoms with Gasteiger partial charge in [0.15, 0.2) is 6.61 Å². The number of carbonyl (C=O) groups excluding carboxylic acids is 2. The van der Waals surface area contributed by atoms with E-state index >= 15 is 0 Å². The average molecular weight is 516 g/mol. The third-order valence-electron chi connectivity index (χ3n) is 4.68. The fourth-order valence-electron chi connectivity index (χ4n) is 2.65. The van der Waals surface area contributed by atoms with Crippen LogP contribution in [-0.4, -0.2) is 35.4 Å². The number of rotatable bonds is 9. The topological polar surface area (TPSA) is 58.6 Å². The van der Waals surface area contributed by atoms with Crippen LogP contribution in [0.25, 0.3) is 0 Å². The summed E-state index contributed by atoms with van der Waals surface area (Å²) in [5.41, 5.74) is 0.864. The minimum atomic E-state index is -0.667. The summed E-state index contributed by atoms with van der Waals surface area (Å²) in [6.07, 6.45) is 0.803. The fraction of sp³-hybridized carbons (Fsp3) is 0.364. The number of nitrogens with zero attached hydrogens (tertiary/aromatic N) is 1. The van der Waals surface area contributed by atoms with E-state index in [1.807, 2.05) is 26.0 Å².